The summed E-state index contributed by atoms with van der Waals surface area (Å²) in [5, 5.41) is 3.31. The van der Waals surface area contributed by atoms with Gasteiger partial charge < -0.3 is 4.90 Å². The highest BCUT2D eigenvalue weighted by atomic mass is 32.1. The fourth-order valence-corrected chi connectivity index (χ4v) is 5.16. The largest absolute Gasteiger partial charge is 0.343 e. The van der Waals surface area contributed by atoms with E-state index < -0.39 is 0 Å². The van der Waals surface area contributed by atoms with E-state index in [2.05, 4.69) is 108 Å². The minimum absolute atomic E-state index is 0.231. The summed E-state index contributed by atoms with van der Waals surface area (Å²) in [5.74, 6) is 0. The molecule has 1 fully saturated rings. The van der Waals surface area contributed by atoms with E-state index in [-0.39, 0.29) is 11.6 Å². The first-order chi connectivity index (χ1) is 13.3. The zero-order valence-electron chi connectivity index (χ0n) is 15.1. The van der Waals surface area contributed by atoms with Gasteiger partial charge in [0.15, 0.2) is 0 Å². The van der Waals surface area contributed by atoms with E-state index in [4.69, 9.17) is 4.98 Å². The van der Waals surface area contributed by atoms with Gasteiger partial charge in [-0.25, -0.2) is 4.98 Å². The van der Waals surface area contributed by atoms with Crippen molar-refractivity contribution in [1.82, 2.24) is 4.98 Å². The molecular formula is C24H20N2S. The van der Waals surface area contributed by atoms with E-state index in [1.807, 2.05) is 0 Å². The lowest BCUT2D eigenvalue weighted by Crippen LogP contribution is -2.18. The molecule has 1 aliphatic rings. The molecule has 2 nitrogen and oxygen atoms in total. The van der Waals surface area contributed by atoms with Crippen molar-refractivity contribution >= 4 is 17.0 Å². The molecule has 1 saturated heterocycles. The molecular weight excluding hydrogens is 348 g/mol. The molecule has 0 radical (unpaired) electrons. The van der Waals surface area contributed by atoms with Crippen LogP contribution in [0.4, 0.5) is 5.69 Å². The van der Waals surface area contributed by atoms with Crippen molar-refractivity contribution in [3.05, 3.63) is 118 Å². The number of aryl methyl sites for hydroxylation is 1. The predicted octanol–water partition coefficient (Wildman–Crippen LogP) is 5.96. The SMILES string of the molecule is Cc1csc([C@]2(c3ccccc3)[C@H](c3ccccc3)N2c2ccccc2)n1. The minimum atomic E-state index is -0.261. The number of hydrogen-bond acceptors (Lipinski definition) is 3. The highest BCUT2D eigenvalue weighted by Crippen LogP contribution is 2.65. The summed E-state index contributed by atoms with van der Waals surface area (Å²) in [7, 11) is 0. The zero-order valence-corrected chi connectivity index (χ0v) is 15.9. The smallest absolute Gasteiger partial charge is 0.143 e. The number of aromatic nitrogens is 1. The lowest BCUT2D eigenvalue weighted by molar-refractivity contribution is 0.787. The van der Waals surface area contributed by atoms with Crippen LogP contribution in [-0.4, -0.2) is 4.98 Å². The van der Waals surface area contributed by atoms with Crippen LogP contribution in [0.2, 0.25) is 0 Å². The third-order valence-corrected chi connectivity index (χ3v) is 6.36. The van der Waals surface area contributed by atoms with Crippen molar-refractivity contribution in [2.45, 2.75) is 18.5 Å². The van der Waals surface area contributed by atoms with Crippen LogP contribution in [0, 0.1) is 6.92 Å². The molecule has 0 amide bonds. The molecule has 2 heterocycles. The monoisotopic (exact) mass is 368 g/mol. The van der Waals surface area contributed by atoms with Crippen LogP contribution in [0.1, 0.15) is 27.9 Å². The Morgan fingerprint density at radius 2 is 1.41 bits per heavy atom. The maximum atomic E-state index is 4.95. The normalized spacial score (nSPS) is 21.2. The van der Waals surface area contributed by atoms with Gasteiger partial charge in [0.25, 0.3) is 0 Å². The predicted molar refractivity (Wildman–Crippen MR) is 112 cm³/mol. The summed E-state index contributed by atoms with van der Waals surface area (Å²) in [5.41, 5.74) is 4.65. The second-order valence-corrected chi connectivity index (χ2v) is 7.80. The second kappa shape index (κ2) is 6.36. The molecule has 5 rings (SSSR count). The Kier molecular flexibility index (Phi) is 3.83. The van der Waals surface area contributed by atoms with Crippen LogP contribution < -0.4 is 4.90 Å². The highest BCUT2D eigenvalue weighted by Gasteiger charge is 2.67. The van der Waals surface area contributed by atoms with Gasteiger partial charge in [-0.1, -0.05) is 78.9 Å². The van der Waals surface area contributed by atoms with Gasteiger partial charge in [0, 0.05) is 16.8 Å². The number of thiazole rings is 1. The standard InChI is InChI=1S/C24H20N2S/c1-18-17-27-23(25-18)24(20-13-7-3-8-14-20)22(19-11-5-2-6-12-19)26(24)21-15-9-4-10-16-21/h2-17,22H,1H3/t22-,24-,26?/m0/s1. The van der Waals surface area contributed by atoms with Crippen molar-refractivity contribution in [1.29, 1.82) is 0 Å². The van der Waals surface area contributed by atoms with Crippen LogP contribution in [0.3, 0.4) is 0 Å². The van der Waals surface area contributed by atoms with Gasteiger partial charge >= 0.3 is 0 Å². The molecule has 0 spiro atoms. The fourth-order valence-electron chi connectivity index (χ4n) is 4.12. The molecule has 1 aliphatic heterocycles. The van der Waals surface area contributed by atoms with E-state index >= 15 is 0 Å². The number of benzene rings is 3. The van der Waals surface area contributed by atoms with Crippen LogP contribution in [0.25, 0.3) is 0 Å². The summed E-state index contributed by atoms with van der Waals surface area (Å²) in [6.45, 7) is 2.07. The summed E-state index contributed by atoms with van der Waals surface area (Å²) in [6.07, 6.45) is 0. The summed E-state index contributed by atoms with van der Waals surface area (Å²) < 4.78 is 0. The van der Waals surface area contributed by atoms with E-state index in [0.29, 0.717) is 0 Å². The molecule has 1 aromatic heterocycles. The van der Waals surface area contributed by atoms with Gasteiger partial charge in [-0.2, -0.15) is 0 Å². The van der Waals surface area contributed by atoms with Crippen molar-refractivity contribution in [3.8, 4) is 0 Å². The average Bonchev–Trinajstić information content (AvgIpc) is 3.26. The number of rotatable bonds is 4. The molecule has 0 unspecified atom stereocenters. The van der Waals surface area contributed by atoms with Crippen molar-refractivity contribution < 1.29 is 0 Å². The molecule has 132 valence electrons. The van der Waals surface area contributed by atoms with Crippen LogP contribution in [0.15, 0.2) is 96.4 Å². The fraction of sp³-hybridized carbons (Fsp3) is 0.125. The molecule has 4 aromatic rings. The first-order valence-electron chi connectivity index (χ1n) is 9.19. The Morgan fingerprint density at radius 3 is 2.00 bits per heavy atom. The molecule has 2 atom stereocenters. The third kappa shape index (κ3) is 2.50. The lowest BCUT2D eigenvalue weighted by Gasteiger charge is -2.17. The number of nitrogens with zero attached hydrogens (tertiary/aromatic N) is 2. The van der Waals surface area contributed by atoms with Gasteiger partial charge in [-0.05, 0) is 30.2 Å². The average molecular weight is 369 g/mol. The topological polar surface area (TPSA) is 15.9 Å². The first kappa shape index (κ1) is 16.3. The molecule has 3 aromatic carbocycles. The van der Waals surface area contributed by atoms with Crippen molar-refractivity contribution in [3.63, 3.8) is 0 Å². The number of anilines is 1. The zero-order chi connectivity index (χ0) is 18.3. The Balaban J connectivity index is 1.77. The summed E-state index contributed by atoms with van der Waals surface area (Å²) in [4.78, 5) is 7.46. The summed E-state index contributed by atoms with van der Waals surface area (Å²) in [6, 6.07) is 32.5. The third-order valence-electron chi connectivity index (χ3n) is 5.27. The Morgan fingerprint density at radius 1 is 0.815 bits per heavy atom. The van der Waals surface area contributed by atoms with E-state index in [0.717, 1.165) is 10.7 Å². The second-order valence-electron chi connectivity index (χ2n) is 6.95. The van der Waals surface area contributed by atoms with E-state index in [9.17, 15) is 0 Å². The Hall–Kier alpha value is -2.91. The van der Waals surface area contributed by atoms with Gasteiger partial charge in [0.1, 0.15) is 10.5 Å². The van der Waals surface area contributed by atoms with Crippen molar-refractivity contribution in [2.24, 2.45) is 0 Å². The first-order valence-corrected chi connectivity index (χ1v) is 10.1. The van der Waals surface area contributed by atoms with Crippen LogP contribution in [-0.2, 0) is 5.54 Å². The van der Waals surface area contributed by atoms with Crippen LogP contribution in [0.5, 0.6) is 0 Å². The Bertz CT molecular complexity index is 996. The molecule has 0 saturated carbocycles. The van der Waals surface area contributed by atoms with Gasteiger partial charge in [-0.3, -0.25) is 0 Å². The van der Waals surface area contributed by atoms with Crippen molar-refractivity contribution in [2.75, 3.05) is 4.90 Å². The number of para-hydroxylation sites is 1. The van der Waals surface area contributed by atoms with E-state index in [1.54, 1.807) is 11.3 Å². The van der Waals surface area contributed by atoms with Gasteiger partial charge in [-0.15, -0.1) is 11.3 Å². The quantitative estimate of drug-likeness (QED) is 0.413. The number of hydrogen-bond donors (Lipinski definition) is 0. The van der Waals surface area contributed by atoms with Gasteiger partial charge in [0.05, 0.1) is 6.04 Å². The maximum Gasteiger partial charge on any atom is 0.143 e. The minimum Gasteiger partial charge on any atom is -0.343 e. The Labute approximate surface area is 163 Å². The molecule has 0 aliphatic carbocycles. The highest BCUT2D eigenvalue weighted by molar-refractivity contribution is 7.10. The molecule has 3 heteroatoms. The molecule has 0 bridgehead atoms. The van der Waals surface area contributed by atoms with Crippen LogP contribution >= 0.6 is 11.3 Å². The maximum absolute atomic E-state index is 4.95. The molecule has 0 N–H and O–H groups in total. The van der Waals surface area contributed by atoms with Gasteiger partial charge in [0.2, 0.25) is 0 Å². The lowest BCUT2D eigenvalue weighted by atomic mass is 9.92. The summed E-state index contributed by atoms with van der Waals surface area (Å²) >= 11 is 1.76. The molecule has 27 heavy (non-hydrogen) atoms. The van der Waals surface area contributed by atoms with E-state index in [1.165, 1.54) is 16.8 Å².